The van der Waals surface area contributed by atoms with E-state index in [-0.39, 0.29) is 17.6 Å². The standard InChI is InChI=1S/C12H17FN2O2S2/c1-9(7-8-19(2,16)17)14-12(18)15-11-5-3-10(13)4-6-11/h3-6,9H,7-8H2,1-2H3,(H2,14,15,18)/t9-/m0/s1. The first-order valence-corrected chi connectivity index (χ1v) is 8.24. The van der Waals surface area contributed by atoms with E-state index in [1.165, 1.54) is 18.4 Å². The first-order chi connectivity index (χ1) is 8.76. The highest BCUT2D eigenvalue weighted by molar-refractivity contribution is 7.90. The summed E-state index contributed by atoms with van der Waals surface area (Å²) in [5, 5.41) is 6.26. The van der Waals surface area contributed by atoms with Crippen LogP contribution >= 0.6 is 12.2 Å². The van der Waals surface area contributed by atoms with Crippen LogP contribution in [0.4, 0.5) is 10.1 Å². The Hall–Kier alpha value is -1.21. The molecule has 1 atom stereocenters. The third-order valence-corrected chi connectivity index (χ3v) is 3.60. The molecule has 0 heterocycles. The van der Waals surface area contributed by atoms with Crippen molar-refractivity contribution >= 4 is 32.9 Å². The molecule has 0 spiro atoms. The second-order valence-electron chi connectivity index (χ2n) is 4.42. The van der Waals surface area contributed by atoms with E-state index >= 15 is 0 Å². The van der Waals surface area contributed by atoms with Gasteiger partial charge in [0.05, 0.1) is 5.75 Å². The Balaban J connectivity index is 2.40. The molecule has 7 heteroatoms. The van der Waals surface area contributed by atoms with E-state index in [0.29, 0.717) is 17.2 Å². The predicted octanol–water partition coefficient (Wildman–Crippen LogP) is 1.94. The number of anilines is 1. The van der Waals surface area contributed by atoms with E-state index in [9.17, 15) is 12.8 Å². The van der Waals surface area contributed by atoms with E-state index in [0.717, 1.165) is 0 Å². The largest absolute Gasteiger partial charge is 0.360 e. The number of hydrogen-bond acceptors (Lipinski definition) is 3. The fourth-order valence-corrected chi connectivity index (χ4v) is 2.49. The van der Waals surface area contributed by atoms with E-state index in [1.807, 2.05) is 6.92 Å². The maximum absolute atomic E-state index is 12.7. The molecule has 0 fully saturated rings. The summed E-state index contributed by atoms with van der Waals surface area (Å²) in [5.41, 5.74) is 0.675. The lowest BCUT2D eigenvalue weighted by atomic mass is 10.3. The molecule has 0 amide bonds. The average Bonchev–Trinajstić information content (AvgIpc) is 2.29. The van der Waals surface area contributed by atoms with Crippen molar-refractivity contribution in [2.45, 2.75) is 19.4 Å². The van der Waals surface area contributed by atoms with Crippen molar-refractivity contribution in [3.8, 4) is 0 Å². The van der Waals surface area contributed by atoms with Crippen molar-refractivity contribution in [3.63, 3.8) is 0 Å². The number of thiocarbonyl (C=S) groups is 1. The molecular formula is C12H17FN2O2S2. The summed E-state index contributed by atoms with van der Waals surface area (Å²) in [5.74, 6) is -0.203. The van der Waals surface area contributed by atoms with Gasteiger partial charge in [-0.15, -0.1) is 0 Å². The maximum Gasteiger partial charge on any atom is 0.170 e. The van der Waals surface area contributed by atoms with Crippen LogP contribution in [0.1, 0.15) is 13.3 Å². The monoisotopic (exact) mass is 304 g/mol. The van der Waals surface area contributed by atoms with Crippen LogP contribution in [-0.4, -0.2) is 31.6 Å². The molecule has 106 valence electrons. The zero-order valence-corrected chi connectivity index (χ0v) is 12.4. The predicted molar refractivity (Wildman–Crippen MR) is 79.5 cm³/mol. The summed E-state index contributed by atoms with van der Waals surface area (Å²) in [4.78, 5) is 0. The van der Waals surface area contributed by atoms with Crippen LogP contribution in [0.15, 0.2) is 24.3 Å². The first-order valence-electron chi connectivity index (χ1n) is 5.77. The van der Waals surface area contributed by atoms with Gasteiger partial charge in [-0.25, -0.2) is 12.8 Å². The smallest absolute Gasteiger partial charge is 0.170 e. The number of rotatable bonds is 5. The van der Waals surface area contributed by atoms with Crippen LogP contribution in [0.5, 0.6) is 0 Å². The SMILES string of the molecule is C[C@@H](CCS(C)(=O)=O)NC(=S)Nc1ccc(F)cc1. The molecule has 19 heavy (non-hydrogen) atoms. The topological polar surface area (TPSA) is 58.2 Å². The minimum absolute atomic E-state index is 0.0600. The number of hydrogen-bond donors (Lipinski definition) is 2. The van der Waals surface area contributed by atoms with Crippen molar-refractivity contribution in [3.05, 3.63) is 30.1 Å². The van der Waals surface area contributed by atoms with Gasteiger partial charge in [0.25, 0.3) is 0 Å². The lowest BCUT2D eigenvalue weighted by Gasteiger charge is -2.16. The summed E-state index contributed by atoms with van der Waals surface area (Å²) < 4.78 is 34.8. The number of sulfone groups is 1. The molecule has 0 saturated heterocycles. The summed E-state index contributed by atoms with van der Waals surface area (Å²) in [6.45, 7) is 1.85. The molecule has 0 saturated carbocycles. The van der Waals surface area contributed by atoms with Crippen molar-refractivity contribution in [1.29, 1.82) is 0 Å². The molecule has 1 rings (SSSR count). The van der Waals surface area contributed by atoms with Gasteiger partial charge in [0.2, 0.25) is 0 Å². The van der Waals surface area contributed by atoms with E-state index in [2.05, 4.69) is 10.6 Å². The fourth-order valence-electron chi connectivity index (χ4n) is 1.39. The van der Waals surface area contributed by atoms with Gasteiger partial charge in [-0.05, 0) is 49.8 Å². The average molecular weight is 304 g/mol. The Morgan fingerprint density at radius 1 is 1.37 bits per heavy atom. The zero-order chi connectivity index (χ0) is 14.5. The molecule has 0 aliphatic carbocycles. The number of halogens is 1. The Bertz CT molecular complexity index is 529. The fraction of sp³-hybridized carbons (Fsp3) is 0.417. The van der Waals surface area contributed by atoms with Gasteiger partial charge in [0, 0.05) is 18.0 Å². The van der Waals surface area contributed by atoms with Crippen molar-refractivity contribution in [2.75, 3.05) is 17.3 Å². The highest BCUT2D eigenvalue weighted by Gasteiger charge is 2.09. The third-order valence-electron chi connectivity index (χ3n) is 2.40. The second-order valence-corrected chi connectivity index (χ2v) is 7.09. The first kappa shape index (κ1) is 15.8. The third kappa shape index (κ3) is 7.07. The molecular weight excluding hydrogens is 287 g/mol. The Labute approximate surface area is 118 Å². The van der Waals surface area contributed by atoms with Crippen molar-refractivity contribution in [2.24, 2.45) is 0 Å². The highest BCUT2D eigenvalue weighted by Crippen LogP contribution is 2.08. The Morgan fingerprint density at radius 3 is 2.47 bits per heavy atom. The molecule has 4 nitrogen and oxygen atoms in total. The van der Waals surface area contributed by atoms with Crippen LogP contribution in [0.3, 0.4) is 0 Å². The van der Waals surface area contributed by atoms with Gasteiger partial charge in [0.15, 0.2) is 5.11 Å². The van der Waals surface area contributed by atoms with Gasteiger partial charge < -0.3 is 10.6 Å². The molecule has 0 aromatic heterocycles. The van der Waals surface area contributed by atoms with Crippen molar-refractivity contribution < 1.29 is 12.8 Å². The minimum atomic E-state index is -2.96. The lowest BCUT2D eigenvalue weighted by Crippen LogP contribution is -2.36. The Kier molecular flexibility index (Phi) is 5.68. The number of benzene rings is 1. The summed E-state index contributed by atoms with van der Waals surface area (Å²) in [7, 11) is -2.96. The van der Waals surface area contributed by atoms with Gasteiger partial charge in [-0.1, -0.05) is 0 Å². The molecule has 2 N–H and O–H groups in total. The summed E-state index contributed by atoms with van der Waals surface area (Å²) >= 11 is 5.09. The normalized spacial score (nSPS) is 12.8. The molecule has 1 aromatic rings. The minimum Gasteiger partial charge on any atom is -0.360 e. The second kappa shape index (κ2) is 6.81. The summed E-state index contributed by atoms with van der Waals surface area (Å²) in [6.07, 6.45) is 1.68. The highest BCUT2D eigenvalue weighted by atomic mass is 32.2. The van der Waals surface area contributed by atoms with Crippen LogP contribution in [0, 0.1) is 5.82 Å². The van der Waals surface area contributed by atoms with Gasteiger partial charge >= 0.3 is 0 Å². The molecule has 0 aliphatic rings. The van der Waals surface area contributed by atoms with Gasteiger partial charge in [-0.3, -0.25) is 0 Å². The van der Waals surface area contributed by atoms with Crippen LogP contribution < -0.4 is 10.6 Å². The lowest BCUT2D eigenvalue weighted by molar-refractivity contribution is 0.585. The van der Waals surface area contributed by atoms with E-state index in [4.69, 9.17) is 12.2 Å². The molecule has 1 aromatic carbocycles. The van der Waals surface area contributed by atoms with Crippen molar-refractivity contribution in [1.82, 2.24) is 5.32 Å². The quantitative estimate of drug-likeness (QED) is 0.814. The number of nitrogens with one attached hydrogen (secondary N) is 2. The van der Waals surface area contributed by atoms with E-state index < -0.39 is 9.84 Å². The Morgan fingerprint density at radius 2 is 1.95 bits per heavy atom. The van der Waals surface area contributed by atoms with Crippen LogP contribution in [0.2, 0.25) is 0 Å². The molecule has 0 aliphatic heterocycles. The molecule has 0 bridgehead atoms. The summed E-state index contributed by atoms with van der Waals surface area (Å²) in [6, 6.07) is 5.75. The van der Waals surface area contributed by atoms with Gasteiger partial charge in [0.1, 0.15) is 15.7 Å². The maximum atomic E-state index is 12.7. The van der Waals surface area contributed by atoms with Crippen LogP contribution in [-0.2, 0) is 9.84 Å². The van der Waals surface area contributed by atoms with E-state index in [1.54, 1.807) is 12.1 Å². The molecule has 0 radical (unpaired) electrons. The molecule has 0 unspecified atom stereocenters. The van der Waals surface area contributed by atoms with Gasteiger partial charge in [-0.2, -0.15) is 0 Å². The zero-order valence-electron chi connectivity index (χ0n) is 10.8. The van der Waals surface area contributed by atoms with Crippen LogP contribution in [0.25, 0.3) is 0 Å².